The maximum Gasteiger partial charge on any atom is 0.416 e. The molecule has 0 saturated carbocycles. The summed E-state index contributed by atoms with van der Waals surface area (Å²) in [6.45, 7) is 2.22. The van der Waals surface area contributed by atoms with Crippen LogP contribution < -0.4 is 5.73 Å². The zero-order valence-corrected chi connectivity index (χ0v) is 22.5. The van der Waals surface area contributed by atoms with Crippen molar-refractivity contribution in [1.82, 2.24) is 10.1 Å². The summed E-state index contributed by atoms with van der Waals surface area (Å²) in [5.74, 6) is -0.363. The van der Waals surface area contributed by atoms with Crippen LogP contribution in [0.15, 0.2) is 53.1 Å². The highest BCUT2D eigenvalue weighted by Gasteiger charge is 2.39. The molecule has 0 amide bonds. The maximum absolute atomic E-state index is 13.4. The molecule has 0 fully saturated rings. The minimum Gasteiger partial charge on any atom is -0.480 e. The first kappa shape index (κ1) is 30.3. The molecule has 0 saturated heterocycles. The van der Waals surface area contributed by atoms with Gasteiger partial charge in [-0.15, -0.1) is 0 Å². The van der Waals surface area contributed by atoms with Crippen LogP contribution in [-0.2, 0) is 30.2 Å². The Morgan fingerprint density at radius 3 is 2.13 bits per heavy atom. The van der Waals surface area contributed by atoms with Crippen LogP contribution >= 0.6 is 0 Å². The van der Waals surface area contributed by atoms with Crippen LogP contribution in [0.3, 0.4) is 0 Å². The van der Waals surface area contributed by atoms with Crippen molar-refractivity contribution in [2.75, 3.05) is 0 Å². The zero-order valence-electron chi connectivity index (χ0n) is 22.5. The number of aryl methyl sites for hydroxylation is 1. The summed E-state index contributed by atoms with van der Waals surface area (Å²) in [6.07, 6.45) is 6.63. The lowest BCUT2D eigenvalue weighted by Crippen LogP contribution is -2.52. The SMILES string of the molecule is CCCCCCCCCCCc1noc(-c2ccc(CC(N)(Cc3ccccc3C(F)(F)F)C(=O)O)cc2)n1. The van der Waals surface area contributed by atoms with Gasteiger partial charge in [0.15, 0.2) is 5.82 Å². The fourth-order valence-electron chi connectivity index (χ4n) is 4.70. The van der Waals surface area contributed by atoms with Crippen molar-refractivity contribution in [1.29, 1.82) is 0 Å². The van der Waals surface area contributed by atoms with Crippen LogP contribution in [-0.4, -0.2) is 26.8 Å². The number of halogens is 3. The molecule has 0 aliphatic carbocycles. The third-order valence-corrected chi connectivity index (χ3v) is 6.95. The van der Waals surface area contributed by atoms with Gasteiger partial charge in [0, 0.05) is 24.8 Å². The van der Waals surface area contributed by atoms with Gasteiger partial charge in [-0.05, 0) is 35.7 Å². The molecule has 1 unspecified atom stereocenters. The van der Waals surface area contributed by atoms with Gasteiger partial charge in [-0.2, -0.15) is 18.2 Å². The summed E-state index contributed by atoms with van der Waals surface area (Å²) in [5.41, 5.74) is 4.45. The Balaban J connectivity index is 1.55. The predicted octanol–water partition coefficient (Wildman–Crippen LogP) is 7.40. The topological polar surface area (TPSA) is 102 Å². The molecule has 0 radical (unpaired) electrons. The highest BCUT2D eigenvalue weighted by Crippen LogP contribution is 2.34. The summed E-state index contributed by atoms with van der Waals surface area (Å²) < 4.78 is 45.6. The quantitative estimate of drug-likeness (QED) is 0.182. The van der Waals surface area contributed by atoms with Gasteiger partial charge in [0.25, 0.3) is 5.89 Å². The summed E-state index contributed by atoms with van der Waals surface area (Å²) >= 11 is 0. The predicted molar refractivity (Wildman–Crippen MR) is 144 cm³/mol. The van der Waals surface area contributed by atoms with Gasteiger partial charge in [-0.1, -0.05) is 93.8 Å². The molecule has 39 heavy (non-hydrogen) atoms. The molecule has 0 bridgehead atoms. The first-order valence-corrected chi connectivity index (χ1v) is 13.7. The van der Waals surface area contributed by atoms with E-state index in [1.807, 2.05) is 0 Å². The minimum absolute atomic E-state index is 0.150. The average Bonchev–Trinajstić information content (AvgIpc) is 3.36. The number of nitrogens with zero attached hydrogens (tertiary/aromatic N) is 2. The van der Waals surface area contributed by atoms with Crippen molar-refractivity contribution in [2.24, 2.45) is 5.73 Å². The number of rotatable bonds is 16. The van der Waals surface area contributed by atoms with Crippen molar-refractivity contribution in [3.8, 4) is 11.5 Å². The summed E-state index contributed by atoms with van der Waals surface area (Å²) in [6, 6.07) is 11.7. The molecule has 3 aromatic rings. The third kappa shape index (κ3) is 9.20. The molecule has 1 atom stereocenters. The van der Waals surface area contributed by atoms with Crippen LogP contribution in [0, 0.1) is 0 Å². The van der Waals surface area contributed by atoms with E-state index < -0.39 is 29.7 Å². The standard InChI is InChI=1S/C30H38F3N3O3/c1-2-3-4-5-6-7-8-9-10-15-26-35-27(39-36-26)23-18-16-22(17-19-23)20-29(34,28(37)38)21-24-13-11-12-14-25(24)30(31,32)33/h11-14,16-19H,2-10,15,20-21,34H2,1H3,(H,37,38). The van der Waals surface area contributed by atoms with E-state index in [0.717, 1.165) is 25.3 Å². The molecular formula is C30H38F3N3O3. The van der Waals surface area contributed by atoms with Crippen LogP contribution in [0.2, 0.25) is 0 Å². The lowest BCUT2D eigenvalue weighted by molar-refractivity contribution is -0.144. The van der Waals surface area contributed by atoms with Crippen LogP contribution in [0.1, 0.15) is 87.2 Å². The number of hydrogen-bond donors (Lipinski definition) is 2. The van der Waals surface area contributed by atoms with Crippen LogP contribution in [0.5, 0.6) is 0 Å². The van der Waals surface area contributed by atoms with Gasteiger partial charge in [0.1, 0.15) is 5.54 Å². The average molecular weight is 546 g/mol. The van der Waals surface area contributed by atoms with Crippen molar-refractivity contribution in [3.05, 3.63) is 71.0 Å². The molecule has 9 heteroatoms. The monoisotopic (exact) mass is 545 g/mol. The zero-order chi connectivity index (χ0) is 28.3. The van der Waals surface area contributed by atoms with Gasteiger partial charge in [-0.3, -0.25) is 4.79 Å². The highest BCUT2D eigenvalue weighted by atomic mass is 19.4. The van der Waals surface area contributed by atoms with Crippen LogP contribution in [0.25, 0.3) is 11.5 Å². The second-order valence-electron chi connectivity index (χ2n) is 10.3. The Kier molecular flexibility index (Phi) is 11.1. The molecule has 0 spiro atoms. The normalized spacial score (nSPS) is 13.4. The molecule has 0 aliphatic rings. The Bertz CT molecular complexity index is 1180. The number of aromatic nitrogens is 2. The molecule has 212 valence electrons. The van der Waals surface area contributed by atoms with E-state index in [0.29, 0.717) is 22.8 Å². The number of alkyl halides is 3. The Labute approximate surface area is 227 Å². The fraction of sp³-hybridized carbons (Fsp3) is 0.500. The second kappa shape index (κ2) is 14.3. The first-order chi connectivity index (χ1) is 18.6. The molecule has 6 nitrogen and oxygen atoms in total. The number of carboxylic acid groups (broad SMARTS) is 1. The first-order valence-electron chi connectivity index (χ1n) is 13.7. The maximum atomic E-state index is 13.4. The van der Waals surface area contributed by atoms with E-state index in [9.17, 15) is 23.1 Å². The Morgan fingerprint density at radius 1 is 0.897 bits per heavy atom. The van der Waals surface area contributed by atoms with Gasteiger partial charge in [0.05, 0.1) is 5.56 Å². The van der Waals surface area contributed by atoms with E-state index in [1.165, 1.54) is 63.1 Å². The lowest BCUT2D eigenvalue weighted by Gasteiger charge is -2.26. The molecule has 3 N–H and O–H groups in total. The molecule has 3 rings (SSSR count). The lowest BCUT2D eigenvalue weighted by atomic mass is 9.84. The van der Waals surface area contributed by atoms with Crippen molar-refractivity contribution in [3.63, 3.8) is 0 Å². The molecular weight excluding hydrogens is 507 g/mol. The van der Waals surface area contributed by atoms with E-state index in [-0.39, 0.29) is 12.0 Å². The van der Waals surface area contributed by atoms with Gasteiger partial charge in [-0.25, -0.2) is 0 Å². The van der Waals surface area contributed by atoms with Gasteiger partial charge in [0.2, 0.25) is 0 Å². The Hall–Kier alpha value is -3.20. The largest absolute Gasteiger partial charge is 0.480 e. The number of unbranched alkanes of at least 4 members (excludes halogenated alkanes) is 8. The number of nitrogens with two attached hydrogens (primary N) is 1. The van der Waals surface area contributed by atoms with E-state index in [1.54, 1.807) is 24.3 Å². The molecule has 1 heterocycles. The second-order valence-corrected chi connectivity index (χ2v) is 10.3. The summed E-state index contributed by atoms with van der Waals surface area (Å²) in [4.78, 5) is 16.5. The van der Waals surface area contributed by atoms with E-state index >= 15 is 0 Å². The van der Waals surface area contributed by atoms with Crippen LogP contribution in [0.4, 0.5) is 13.2 Å². The fourth-order valence-corrected chi connectivity index (χ4v) is 4.70. The third-order valence-electron chi connectivity index (χ3n) is 6.95. The molecule has 0 aliphatic heterocycles. The number of aliphatic carboxylic acids is 1. The molecule has 1 aromatic heterocycles. The summed E-state index contributed by atoms with van der Waals surface area (Å²) in [7, 11) is 0. The number of benzene rings is 2. The van der Waals surface area contributed by atoms with Gasteiger partial charge < -0.3 is 15.4 Å². The highest BCUT2D eigenvalue weighted by molar-refractivity contribution is 5.79. The molecule has 2 aromatic carbocycles. The number of hydrogen-bond acceptors (Lipinski definition) is 5. The van der Waals surface area contributed by atoms with Crippen molar-refractivity contribution < 1.29 is 27.6 Å². The van der Waals surface area contributed by atoms with E-state index in [2.05, 4.69) is 17.1 Å². The van der Waals surface area contributed by atoms with Crippen molar-refractivity contribution >= 4 is 5.97 Å². The number of carbonyl (C=O) groups is 1. The van der Waals surface area contributed by atoms with Gasteiger partial charge >= 0.3 is 12.1 Å². The summed E-state index contributed by atoms with van der Waals surface area (Å²) in [5, 5.41) is 13.9. The van der Waals surface area contributed by atoms with E-state index in [4.69, 9.17) is 10.3 Å². The smallest absolute Gasteiger partial charge is 0.416 e. The van der Waals surface area contributed by atoms with Crippen molar-refractivity contribution in [2.45, 2.75) is 95.7 Å². The minimum atomic E-state index is -4.60. The number of carboxylic acids is 1. The Morgan fingerprint density at radius 2 is 1.51 bits per heavy atom.